The van der Waals surface area contributed by atoms with E-state index < -0.39 is 10.8 Å². The minimum Gasteiger partial charge on any atom is -0.457 e. The standard InChI is InChI=1S/C77H64N2OS/c1-49-34-39-59-58-27-15-18-30-66(58)79(69(59)44-49)68-32-20-19-31-67(68)78(55-38-41-71-63(48-55)76(50-22-10-8-11-23-50,51-24-12-9-13-25-51)61-29-17-21-33-70(61)80-71)54-37-40-57-56-26-14-16-28-60(56)77(62(57)47-54)64-45-52(74(2,3)4)35-42-72(64)81-73-43-36-53(46-65(73)77)75(5,6)7/h8-43,45-49H,44H2,1-7H3. The highest BCUT2D eigenvalue weighted by molar-refractivity contribution is 7.99. The predicted molar refractivity (Wildman–Crippen MR) is 337 cm³/mol. The summed E-state index contributed by atoms with van der Waals surface area (Å²) >= 11 is 1.92. The highest BCUT2D eigenvalue weighted by Crippen LogP contribution is 2.64. The van der Waals surface area contributed by atoms with Crippen molar-refractivity contribution in [3.63, 3.8) is 0 Å². The molecule has 2 aliphatic heterocycles. The van der Waals surface area contributed by atoms with Crippen molar-refractivity contribution in [2.24, 2.45) is 5.92 Å². The Morgan fingerprint density at radius 1 is 0.481 bits per heavy atom. The zero-order valence-corrected chi connectivity index (χ0v) is 47.9. The first-order valence-corrected chi connectivity index (χ1v) is 29.6. The second-order valence-corrected chi connectivity index (χ2v) is 26.0. The number of aromatic nitrogens is 1. The highest BCUT2D eigenvalue weighted by atomic mass is 32.2. The normalized spacial score (nSPS) is 15.9. The molecular formula is C77H64N2OS. The third-order valence-electron chi connectivity index (χ3n) is 18.0. The van der Waals surface area contributed by atoms with Crippen molar-refractivity contribution < 1.29 is 4.74 Å². The van der Waals surface area contributed by atoms with Gasteiger partial charge in [0.2, 0.25) is 0 Å². The van der Waals surface area contributed by atoms with Gasteiger partial charge in [-0.15, -0.1) is 0 Å². The summed E-state index contributed by atoms with van der Waals surface area (Å²) in [5.74, 6) is 2.09. The van der Waals surface area contributed by atoms with Crippen LogP contribution in [0.4, 0.5) is 17.1 Å². The lowest BCUT2D eigenvalue weighted by molar-refractivity contribution is 0.434. The van der Waals surface area contributed by atoms with Crippen LogP contribution in [0.3, 0.4) is 0 Å². The maximum Gasteiger partial charge on any atom is 0.132 e. The maximum atomic E-state index is 7.10. The van der Waals surface area contributed by atoms with E-state index in [-0.39, 0.29) is 10.8 Å². The molecule has 3 nitrogen and oxygen atoms in total. The number of para-hydroxylation sites is 4. The number of hydrogen-bond donors (Lipinski definition) is 0. The number of nitrogens with zero attached hydrogens (tertiary/aromatic N) is 2. The second kappa shape index (κ2) is 18.2. The Labute approximate surface area is 481 Å². The summed E-state index contributed by atoms with van der Waals surface area (Å²) in [6.45, 7) is 16.4. The largest absolute Gasteiger partial charge is 0.457 e. The molecular weight excluding hydrogens is 1000 g/mol. The number of benzene rings is 10. The van der Waals surface area contributed by atoms with Crippen LogP contribution in [0, 0.1) is 5.92 Å². The molecule has 15 rings (SSSR count). The Bertz CT molecular complexity index is 4270. The van der Waals surface area contributed by atoms with E-state index in [4.69, 9.17) is 4.74 Å². The molecule has 394 valence electrons. The molecule has 10 aromatic carbocycles. The fourth-order valence-electron chi connectivity index (χ4n) is 14.2. The first-order chi connectivity index (χ1) is 39.3. The van der Waals surface area contributed by atoms with Gasteiger partial charge in [-0.2, -0.15) is 0 Å². The van der Waals surface area contributed by atoms with Gasteiger partial charge in [-0.3, -0.25) is 0 Å². The lowest BCUT2D eigenvalue weighted by Crippen LogP contribution is -2.34. The van der Waals surface area contributed by atoms with Crippen molar-refractivity contribution in [2.45, 2.75) is 86.3 Å². The van der Waals surface area contributed by atoms with Crippen molar-refractivity contribution in [3.05, 3.63) is 303 Å². The molecule has 2 aliphatic carbocycles. The molecule has 0 saturated heterocycles. The number of allylic oxidation sites excluding steroid dienone is 1. The first kappa shape index (κ1) is 49.5. The molecule has 1 spiro atoms. The molecule has 1 atom stereocenters. The van der Waals surface area contributed by atoms with E-state index in [0.29, 0.717) is 5.92 Å². The molecule has 0 bridgehead atoms. The van der Waals surface area contributed by atoms with Crippen molar-refractivity contribution in [1.82, 2.24) is 4.57 Å². The van der Waals surface area contributed by atoms with E-state index >= 15 is 0 Å². The van der Waals surface area contributed by atoms with E-state index in [1.807, 2.05) is 11.8 Å². The molecule has 4 aliphatic rings. The molecule has 4 heteroatoms. The van der Waals surface area contributed by atoms with Crippen LogP contribution >= 0.6 is 11.8 Å². The van der Waals surface area contributed by atoms with E-state index in [9.17, 15) is 0 Å². The Kier molecular flexibility index (Phi) is 11.1. The summed E-state index contributed by atoms with van der Waals surface area (Å²) in [6, 6.07) is 87.2. The summed E-state index contributed by atoms with van der Waals surface area (Å²) in [6.07, 6.45) is 5.68. The van der Waals surface area contributed by atoms with Gasteiger partial charge in [0.25, 0.3) is 0 Å². The molecule has 0 radical (unpaired) electrons. The maximum absolute atomic E-state index is 7.10. The number of ether oxygens (including phenoxy) is 1. The Hall–Kier alpha value is -8.57. The molecule has 0 N–H and O–H groups in total. The zero-order valence-electron chi connectivity index (χ0n) is 47.1. The molecule has 3 heterocycles. The van der Waals surface area contributed by atoms with Crippen molar-refractivity contribution in [3.8, 4) is 28.3 Å². The number of rotatable bonds is 6. The van der Waals surface area contributed by atoms with E-state index in [1.54, 1.807) is 0 Å². The van der Waals surface area contributed by atoms with Crippen LogP contribution in [-0.4, -0.2) is 4.57 Å². The molecule has 11 aromatic rings. The van der Waals surface area contributed by atoms with Gasteiger partial charge >= 0.3 is 0 Å². The van der Waals surface area contributed by atoms with Crippen LogP contribution in [0.25, 0.3) is 33.8 Å². The number of fused-ring (bicyclic) bond motifs is 14. The van der Waals surface area contributed by atoms with Gasteiger partial charge in [-0.05, 0) is 146 Å². The molecule has 81 heavy (non-hydrogen) atoms. The molecule has 1 unspecified atom stereocenters. The van der Waals surface area contributed by atoms with Gasteiger partial charge in [0, 0.05) is 48.9 Å². The second-order valence-electron chi connectivity index (χ2n) is 24.9. The van der Waals surface area contributed by atoms with Crippen LogP contribution in [0.2, 0.25) is 0 Å². The van der Waals surface area contributed by atoms with Gasteiger partial charge in [-0.25, -0.2) is 0 Å². The van der Waals surface area contributed by atoms with Crippen molar-refractivity contribution >= 4 is 45.8 Å². The fraction of sp³-hybridized carbons (Fsp3) is 0.169. The van der Waals surface area contributed by atoms with E-state index in [1.165, 1.54) is 87.6 Å². The van der Waals surface area contributed by atoms with Crippen LogP contribution < -0.4 is 9.64 Å². The van der Waals surface area contributed by atoms with E-state index in [2.05, 4.69) is 301 Å². The quantitative estimate of drug-likeness (QED) is 0.165. The third kappa shape index (κ3) is 7.35. The summed E-state index contributed by atoms with van der Waals surface area (Å²) in [4.78, 5) is 5.16. The summed E-state index contributed by atoms with van der Waals surface area (Å²) in [5, 5.41) is 1.27. The molecule has 0 saturated carbocycles. The highest BCUT2D eigenvalue weighted by Gasteiger charge is 2.52. The Morgan fingerprint density at radius 3 is 1.73 bits per heavy atom. The molecule has 0 fully saturated rings. The van der Waals surface area contributed by atoms with Crippen molar-refractivity contribution in [1.29, 1.82) is 0 Å². The van der Waals surface area contributed by atoms with Crippen LogP contribution in [0.15, 0.2) is 246 Å². The Morgan fingerprint density at radius 2 is 1.04 bits per heavy atom. The number of hydrogen-bond acceptors (Lipinski definition) is 3. The monoisotopic (exact) mass is 1060 g/mol. The van der Waals surface area contributed by atoms with Gasteiger partial charge in [0.15, 0.2) is 0 Å². The summed E-state index contributed by atoms with van der Waals surface area (Å²) in [7, 11) is 0. The van der Waals surface area contributed by atoms with Crippen LogP contribution in [0.5, 0.6) is 11.5 Å². The number of anilines is 3. The first-order valence-electron chi connectivity index (χ1n) is 28.8. The molecule has 0 amide bonds. The average Bonchev–Trinajstić information content (AvgIpc) is 2.99. The van der Waals surface area contributed by atoms with Gasteiger partial charge in [0.1, 0.15) is 11.5 Å². The van der Waals surface area contributed by atoms with Gasteiger partial charge in [0.05, 0.1) is 27.7 Å². The lowest BCUT2D eigenvalue weighted by atomic mass is 9.63. The lowest BCUT2D eigenvalue weighted by Gasteiger charge is -2.42. The van der Waals surface area contributed by atoms with Crippen molar-refractivity contribution in [2.75, 3.05) is 4.90 Å². The summed E-state index contributed by atoms with van der Waals surface area (Å²) in [5.41, 5.74) is 21.8. The van der Waals surface area contributed by atoms with Gasteiger partial charge in [-0.1, -0.05) is 236 Å². The predicted octanol–water partition coefficient (Wildman–Crippen LogP) is 20.2. The third-order valence-corrected chi connectivity index (χ3v) is 19.2. The SMILES string of the molecule is CC1C=Cc2c(n(-c3ccccc3N(c3ccc4c(c3)C(c3ccccc3)(c3ccccc3)c3ccccc3O4)c3ccc4c(c3)C3(c5cc(C(C)(C)C)ccc5Sc5ccc(C(C)(C)C)cc53)c3ccccc3-4)c3ccccc23)C1. The summed E-state index contributed by atoms with van der Waals surface area (Å²) < 4.78 is 9.67. The average molecular weight is 1070 g/mol. The molecule has 1 aromatic heterocycles. The fourth-order valence-corrected chi connectivity index (χ4v) is 15.4. The smallest absolute Gasteiger partial charge is 0.132 e. The minimum absolute atomic E-state index is 0.0709. The Balaban J connectivity index is 1.06. The topological polar surface area (TPSA) is 17.4 Å². The van der Waals surface area contributed by atoms with Crippen LogP contribution in [0.1, 0.15) is 115 Å². The zero-order chi connectivity index (χ0) is 55.0. The van der Waals surface area contributed by atoms with Gasteiger partial charge < -0.3 is 14.2 Å². The van der Waals surface area contributed by atoms with E-state index in [0.717, 1.165) is 51.8 Å². The van der Waals surface area contributed by atoms with Crippen LogP contribution in [-0.2, 0) is 28.1 Å². The minimum atomic E-state index is -0.724.